The molecular formula is C21H19FN4O. The first-order chi connectivity index (χ1) is 13.0. The van der Waals surface area contributed by atoms with E-state index in [1.807, 2.05) is 31.2 Å². The van der Waals surface area contributed by atoms with Crippen LogP contribution in [0, 0.1) is 24.1 Å². The fourth-order valence-electron chi connectivity index (χ4n) is 2.97. The lowest BCUT2D eigenvalue weighted by Crippen LogP contribution is -2.21. The van der Waals surface area contributed by atoms with Gasteiger partial charge in [0.2, 0.25) is 5.91 Å². The van der Waals surface area contributed by atoms with E-state index in [4.69, 9.17) is 5.73 Å². The molecule has 1 aromatic heterocycles. The van der Waals surface area contributed by atoms with Crippen LogP contribution in [-0.4, -0.2) is 10.5 Å². The van der Waals surface area contributed by atoms with E-state index in [-0.39, 0.29) is 18.3 Å². The van der Waals surface area contributed by atoms with Gasteiger partial charge in [0.1, 0.15) is 24.1 Å². The van der Waals surface area contributed by atoms with Crippen molar-refractivity contribution in [3.63, 3.8) is 0 Å². The summed E-state index contributed by atoms with van der Waals surface area (Å²) in [6.07, 6.45) is 0.513. The number of nitrogens with one attached hydrogen (secondary N) is 1. The van der Waals surface area contributed by atoms with Crippen molar-refractivity contribution in [3.05, 3.63) is 82.9 Å². The minimum absolute atomic E-state index is 0.0569. The van der Waals surface area contributed by atoms with Crippen LogP contribution >= 0.6 is 0 Å². The first-order valence-corrected chi connectivity index (χ1v) is 8.45. The molecule has 27 heavy (non-hydrogen) atoms. The van der Waals surface area contributed by atoms with Gasteiger partial charge < -0.3 is 15.6 Å². The van der Waals surface area contributed by atoms with Gasteiger partial charge in [-0.25, -0.2) is 4.39 Å². The molecule has 2 aromatic carbocycles. The SMILES string of the molecule is Cc1cccc(Cc2c(N)cc(C#N)n2CC(=O)Nc2ccc(F)cc2)c1. The molecule has 3 N–H and O–H groups in total. The molecule has 3 rings (SSSR count). The molecular weight excluding hydrogens is 343 g/mol. The maximum atomic E-state index is 13.0. The fraction of sp³-hybridized carbons (Fsp3) is 0.143. The van der Waals surface area contributed by atoms with E-state index < -0.39 is 0 Å². The zero-order chi connectivity index (χ0) is 19.4. The number of halogens is 1. The highest BCUT2D eigenvalue weighted by Gasteiger charge is 2.16. The molecule has 0 unspecified atom stereocenters. The minimum Gasteiger partial charge on any atom is -0.397 e. The molecule has 1 amide bonds. The molecule has 0 radical (unpaired) electrons. The van der Waals surface area contributed by atoms with E-state index in [2.05, 4.69) is 11.4 Å². The second-order valence-corrected chi connectivity index (χ2v) is 6.35. The topological polar surface area (TPSA) is 83.8 Å². The molecule has 0 saturated carbocycles. The van der Waals surface area contributed by atoms with Gasteiger partial charge in [0.25, 0.3) is 0 Å². The number of nitriles is 1. The lowest BCUT2D eigenvalue weighted by Gasteiger charge is -2.12. The number of aryl methyl sites for hydroxylation is 1. The average molecular weight is 362 g/mol. The summed E-state index contributed by atoms with van der Waals surface area (Å²) >= 11 is 0. The van der Waals surface area contributed by atoms with Crippen molar-refractivity contribution in [1.82, 2.24) is 4.57 Å². The van der Waals surface area contributed by atoms with Crippen LogP contribution in [0.15, 0.2) is 54.6 Å². The number of anilines is 2. The van der Waals surface area contributed by atoms with Crippen LogP contribution in [0.4, 0.5) is 15.8 Å². The third-order valence-electron chi connectivity index (χ3n) is 4.24. The summed E-state index contributed by atoms with van der Waals surface area (Å²) in [4.78, 5) is 12.4. The summed E-state index contributed by atoms with van der Waals surface area (Å²) in [5, 5.41) is 12.1. The Balaban J connectivity index is 1.84. The van der Waals surface area contributed by atoms with Crippen LogP contribution in [0.5, 0.6) is 0 Å². The van der Waals surface area contributed by atoms with Gasteiger partial charge in [-0.05, 0) is 42.8 Å². The molecule has 6 heteroatoms. The fourth-order valence-corrected chi connectivity index (χ4v) is 2.97. The minimum atomic E-state index is -0.376. The van der Waals surface area contributed by atoms with Gasteiger partial charge in [-0.15, -0.1) is 0 Å². The van der Waals surface area contributed by atoms with Crippen LogP contribution in [0.3, 0.4) is 0 Å². The number of nitrogens with two attached hydrogens (primary N) is 1. The molecule has 5 nitrogen and oxygen atoms in total. The predicted molar refractivity (Wildman–Crippen MR) is 103 cm³/mol. The molecule has 0 aliphatic carbocycles. The van der Waals surface area contributed by atoms with Crippen LogP contribution in [0.2, 0.25) is 0 Å². The molecule has 3 aromatic rings. The number of carbonyl (C=O) groups is 1. The maximum absolute atomic E-state index is 13.0. The molecule has 0 saturated heterocycles. The summed E-state index contributed by atoms with van der Waals surface area (Å²) < 4.78 is 14.6. The van der Waals surface area contributed by atoms with E-state index in [0.29, 0.717) is 29.2 Å². The van der Waals surface area contributed by atoms with Gasteiger partial charge in [0, 0.05) is 17.8 Å². The van der Waals surface area contributed by atoms with Crippen molar-refractivity contribution in [1.29, 1.82) is 5.26 Å². The number of benzene rings is 2. The third-order valence-corrected chi connectivity index (χ3v) is 4.24. The lowest BCUT2D eigenvalue weighted by atomic mass is 10.1. The molecule has 1 heterocycles. The summed E-state index contributed by atoms with van der Waals surface area (Å²) in [7, 11) is 0. The lowest BCUT2D eigenvalue weighted by molar-refractivity contribution is -0.116. The summed E-state index contributed by atoms with van der Waals surface area (Å²) in [6, 6.07) is 17.2. The molecule has 136 valence electrons. The Morgan fingerprint density at radius 2 is 1.96 bits per heavy atom. The van der Waals surface area contributed by atoms with Gasteiger partial charge in [0.05, 0.1) is 5.69 Å². The Morgan fingerprint density at radius 3 is 2.63 bits per heavy atom. The number of aromatic nitrogens is 1. The Labute approximate surface area is 156 Å². The molecule has 0 aliphatic heterocycles. The standard InChI is InChI=1S/C21H19FN4O/c1-14-3-2-4-15(9-14)10-20-19(24)11-18(12-23)26(20)13-21(27)25-17-7-5-16(22)6-8-17/h2-9,11H,10,13,24H2,1H3,(H,25,27). The van der Waals surface area contributed by atoms with Gasteiger partial charge in [-0.3, -0.25) is 4.79 Å². The highest BCUT2D eigenvalue weighted by Crippen LogP contribution is 2.22. The van der Waals surface area contributed by atoms with E-state index >= 15 is 0 Å². The van der Waals surface area contributed by atoms with Crippen molar-refractivity contribution >= 4 is 17.3 Å². The number of hydrogen-bond acceptors (Lipinski definition) is 3. The third kappa shape index (κ3) is 4.33. The van der Waals surface area contributed by atoms with E-state index in [0.717, 1.165) is 11.1 Å². The average Bonchev–Trinajstić information content (AvgIpc) is 2.92. The van der Waals surface area contributed by atoms with Crippen molar-refractivity contribution in [2.24, 2.45) is 0 Å². The molecule has 0 aliphatic rings. The Bertz CT molecular complexity index is 1020. The first kappa shape index (κ1) is 18.2. The smallest absolute Gasteiger partial charge is 0.244 e. The molecule has 0 bridgehead atoms. The van der Waals surface area contributed by atoms with Gasteiger partial charge in [0.15, 0.2) is 0 Å². The van der Waals surface area contributed by atoms with E-state index in [1.165, 1.54) is 24.3 Å². The Morgan fingerprint density at radius 1 is 1.22 bits per heavy atom. The quantitative estimate of drug-likeness (QED) is 0.727. The molecule has 0 fully saturated rings. The van der Waals surface area contributed by atoms with Crippen LogP contribution in [0.25, 0.3) is 0 Å². The number of rotatable bonds is 5. The number of hydrogen-bond donors (Lipinski definition) is 2. The van der Waals surface area contributed by atoms with Crippen molar-refractivity contribution < 1.29 is 9.18 Å². The Hall–Kier alpha value is -3.59. The zero-order valence-corrected chi connectivity index (χ0v) is 14.9. The number of nitrogens with zero attached hydrogens (tertiary/aromatic N) is 2. The van der Waals surface area contributed by atoms with Gasteiger partial charge in [-0.2, -0.15) is 5.26 Å². The first-order valence-electron chi connectivity index (χ1n) is 8.45. The Kier molecular flexibility index (Phi) is 5.23. The highest BCUT2D eigenvalue weighted by atomic mass is 19.1. The normalized spacial score (nSPS) is 10.4. The van der Waals surface area contributed by atoms with Crippen LogP contribution in [0.1, 0.15) is 22.5 Å². The van der Waals surface area contributed by atoms with Crippen LogP contribution in [-0.2, 0) is 17.8 Å². The number of amides is 1. The molecule has 0 spiro atoms. The summed E-state index contributed by atoms with van der Waals surface area (Å²) in [5.74, 6) is -0.697. The van der Waals surface area contributed by atoms with Crippen LogP contribution < -0.4 is 11.1 Å². The van der Waals surface area contributed by atoms with E-state index in [1.54, 1.807) is 10.6 Å². The molecule has 0 atom stereocenters. The second kappa shape index (κ2) is 7.75. The van der Waals surface area contributed by atoms with Crippen molar-refractivity contribution in [3.8, 4) is 6.07 Å². The second-order valence-electron chi connectivity index (χ2n) is 6.35. The highest BCUT2D eigenvalue weighted by molar-refractivity contribution is 5.90. The van der Waals surface area contributed by atoms with Crippen molar-refractivity contribution in [2.45, 2.75) is 19.9 Å². The van der Waals surface area contributed by atoms with Crippen molar-refractivity contribution in [2.75, 3.05) is 11.1 Å². The maximum Gasteiger partial charge on any atom is 0.244 e. The summed E-state index contributed by atoms with van der Waals surface area (Å²) in [5.41, 5.74) is 10.3. The van der Waals surface area contributed by atoms with E-state index in [9.17, 15) is 14.4 Å². The predicted octanol–water partition coefficient (Wildman–Crippen LogP) is 3.62. The summed E-state index contributed by atoms with van der Waals surface area (Å²) in [6.45, 7) is 1.95. The zero-order valence-electron chi connectivity index (χ0n) is 14.9. The van der Waals surface area contributed by atoms with Gasteiger partial charge >= 0.3 is 0 Å². The monoisotopic (exact) mass is 362 g/mol. The largest absolute Gasteiger partial charge is 0.397 e. The number of nitrogen functional groups attached to an aromatic ring is 1. The van der Waals surface area contributed by atoms with Gasteiger partial charge in [-0.1, -0.05) is 29.8 Å². The number of carbonyl (C=O) groups excluding carboxylic acids is 1.